The highest BCUT2D eigenvalue weighted by molar-refractivity contribution is 7.15. The first-order valence-electron chi connectivity index (χ1n) is 6.45. The lowest BCUT2D eigenvalue weighted by molar-refractivity contribution is -0.141. The zero-order valence-electron chi connectivity index (χ0n) is 10.9. The molecule has 0 spiro atoms. The van der Waals surface area contributed by atoms with Crippen LogP contribution in [0.3, 0.4) is 0 Å². The van der Waals surface area contributed by atoms with E-state index in [4.69, 9.17) is 0 Å². The van der Waals surface area contributed by atoms with Gasteiger partial charge in [0.05, 0.1) is 18.4 Å². The van der Waals surface area contributed by atoms with Gasteiger partial charge in [0.15, 0.2) is 0 Å². The fourth-order valence-electron chi connectivity index (χ4n) is 3.06. The summed E-state index contributed by atoms with van der Waals surface area (Å²) in [7, 11) is 1.77. The van der Waals surface area contributed by atoms with Crippen molar-refractivity contribution in [3.05, 3.63) is 5.01 Å². The number of aromatic nitrogens is 2. The number of anilines is 1. The van der Waals surface area contributed by atoms with Crippen LogP contribution in [0.2, 0.25) is 0 Å². The summed E-state index contributed by atoms with van der Waals surface area (Å²) in [5.41, 5.74) is 0. The Labute approximate surface area is 115 Å². The first kappa shape index (κ1) is 12.5. The SMILES string of the molecule is CNc1nnc(CN2C(=O)C3CC(C)CC3C2=O)s1. The van der Waals surface area contributed by atoms with E-state index in [-0.39, 0.29) is 30.2 Å². The van der Waals surface area contributed by atoms with Crippen LogP contribution in [0.5, 0.6) is 0 Å². The zero-order valence-corrected chi connectivity index (χ0v) is 11.7. The molecular weight excluding hydrogens is 264 g/mol. The Balaban J connectivity index is 1.76. The molecule has 2 aliphatic rings. The van der Waals surface area contributed by atoms with Gasteiger partial charge in [0.1, 0.15) is 5.01 Å². The summed E-state index contributed by atoms with van der Waals surface area (Å²) >= 11 is 1.37. The second-order valence-electron chi connectivity index (χ2n) is 5.30. The fourth-order valence-corrected chi connectivity index (χ4v) is 3.74. The molecule has 2 amide bonds. The Morgan fingerprint density at radius 2 is 1.89 bits per heavy atom. The number of likely N-dealkylation sites (tertiary alicyclic amines) is 1. The number of hydrogen-bond donors (Lipinski definition) is 1. The second-order valence-corrected chi connectivity index (χ2v) is 6.37. The molecule has 2 atom stereocenters. The molecule has 6 nitrogen and oxygen atoms in total. The van der Waals surface area contributed by atoms with Gasteiger partial charge in [-0.15, -0.1) is 10.2 Å². The second kappa shape index (κ2) is 4.56. The van der Waals surface area contributed by atoms with Crippen LogP contribution in [0.15, 0.2) is 0 Å². The largest absolute Gasteiger partial charge is 0.363 e. The number of hydrogen-bond acceptors (Lipinski definition) is 6. The molecular formula is C12H16N4O2S. The Hall–Kier alpha value is -1.50. The smallest absolute Gasteiger partial charge is 0.233 e. The standard InChI is InChI=1S/C12H16N4O2S/c1-6-3-7-8(4-6)11(18)16(10(7)17)5-9-14-15-12(13-2)19-9/h6-8H,3-5H2,1-2H3,(H,13,15). The molecule has 1 aliphatic heterocycles. The van der Waals surface area contributed by atoms with E-state index in [1.165, 1.54) is 16.2 Å². The van der Waals surface area contributed by atoms with Gasteiger partial charge >= 0.3 is 0 Å². The molecule has 1 aromatic heterocycles. The van der Waals surface area contributed by atoms with Crippen molar-refractivity contribution in [2.24, 2.45) is 17.8 Å². The van der Waals surface area contributed by atoms with Crippen molar-refractivity contribution >= 4 is 28.3 Å². The Morgan fingerprint density at radius 1 is 1.26 bits per heavy atom. The van der Waals surface area contributed by atoms with Crippen LogP contribution in [0.1, 0.15) is 24.8 Å². The highest BCUT2D eigenvalue weighted by Gasteiger charge is 2.51. The predicted molar refractivity (Wildman–Crippen MR) is 70.4 cm³/mol. The molecule has 0 aromatic carbocycles. The van der Waals surface area contributed by atoms with Gasteiger partial charge in [0.2, 0.25) is 16.9 Å². The van der Waals surface area contributed by atoms with Gasteiger partial charge in [-0.2, -0.15) is 0 Å². The number of amides is 2. The number of nitrogens with one attached hydrogen (secondary N) is 1. The minimum atomic E-state index is -0.0980. The molecule has 2 unspecified atom stereocenters. The highest BCUT2D eigenvalue weighted by Crippen LogP contribution is 2.43. The molecule has 1 aliphatic carbocycles. The quantitative estimate of drug-likeness (QED) is 0.839. The third-order valence-electron chi connectivity index (χ3n) is 3.94. The van der Waals surface area contributed by atoms with E-state index in [0.717, 1.165) is 12.8 Å². The summed E-state index contributed by atoms with van der Waals surface area (Å²) in [4.78, 5) is 25.9. The maximum Gasteiger partial charge on any atom is 0.233 e. The lowest BCUT2D eigenvalue weighted by atomic mass is 10.00. The number of imide groups is 1. The van der Waals surface area contributed by atoms with E-state index in [2.05, 4.69) is 22.4 Å². The highest BCUT2D eigenvalue weighted by atomic mass is 32.1. The van der Waals surface area contributed by atoms with Crippen molar-refractivity contribution < 1.29 is 9.59 Å². The van der Waals surface area contributed by atoms with Crippen LogP contribution >= 0.6 is 11.3 Å². The van der Waals surface area contributed by atoms with E-state index in [1.807, 2.05) is 0 Å². The summed E-state index contributed by atoms with van der Waals surface area (Å²) in [6.45, 7) is 2.37. The minimum absolute atomic E-state index is 0.0273. The van der Waals surface area contributed by atoms with Crippen LogP contribution < -0.4 is 5.32 Å². The molecule has 3 rings (SSSR count). The Bertz CT molecular complexity index is 506. The van der Waals surface area contributed by atoms with Crippen molar-refractivity contribution in [3.8, 4) is 0 Å². The predicted octanol–water partition coefficient (Wildman–Crippen LogP) is 1.11. The molecule has 0 bridgehead atoms. The molecule has 1 N–H and O–H groups in total. The molecule has 1 aromatic rings. The van der Waals surface area contributed by atoms with Crippen LogP contribution in [0, 0.1) is 17.8 Å². The first-order chi connectivity index (χ1) is 9.10. The summed E-state index contributed by atoms with van der Waals surface area (Å²) in [5, 5.41) is 12.2. The molecule has 1 saturated carbocycles. The van der Waals surface area contributed by atoms with Crippen molar-refractivity contribution in [1.29, 1.82) is 0 Å². The minimum Gasteiger partial charge on any atom is -0.363 e. The van der Waals surface area contributed by atoms with Crippen LogP contribution in [0.25, 0.3) is 0 Å². The first-order valence-corrected chi connectivity index (χ1v) is 7.27. The zero-order chi connectivity index (χ0) is 13.6. The van der Waals surface area contributed by atoms with E-state index in [9.17, 15) is 9.59 Å². The summed E-state index contributed by atoms with van der Waals surface area (Å²) in [6.07, 6.45) is 1.67. The Kier molecular flexibility index (Phi) is 3.00. The lowest BCUT2D eigenvalue weighted by Gasteiger charge is -2.14. The third-order valence-corrected chi connectivity index (χ3v) is 4.86. The van der Waals surface area contributed by atoms with Gasteiger partial charge < -0.3 is 5.32 Å². The van der Waals surface area contributed by atoms with Gasteiger partial charge in [0, 0.05) is 7.05 Å². The van der Waals surface area contributed by atoms with E-state index < -0.39 is 0 Å². The van der Waals surface area contributed by atoms with E-state index >= 15 is 0 Å². The van der Waals surface area contributed by atoms with Gasteiger partial charge in [-0.25, -0.2) is 0 Å². The molecule has 19 heavy (non-hydrogen) atoms. The third kappa shape index (κ3) is 2.01. The number of fused-ring (bicyclic) bond motifs is 1. The van der Waals surface area contributed by atoms with Crippen molar-refractivity contribution in [2.45, 2.75) is 26.3 Å². The average molecular weight is 280 g/mol. The van der Waals surface area contributed by atoms with E-state index in [0.29, 0.717) is 16.1 Å². The maximum absolute atomic E-state index is 12.3. The van der Waals surface area contributed by atoms with E-state index in [1.54, 1.807) is 7.05 Å². The molecule has 7 heteroatoms. The summed E-state index contributed by atoms with van der Waals surface area (Å²) in [6, 6.07) is 0. The van der Waals surface area contributed by atoms with Crippen LogP contribution in [0.4, 0.5) is 5.13 Å². The van der Waals surface area contributed by atoms with Gasteiger partial charge in [-0.05, 0) is 18.8 Å². The lowest BCUT2D eigenvalue weighted by Crippen LogP contribution is -2.31. The molecule has 0 radical (unpaired) electrons. The van der Waals surface area contributed by atoms with Gasteiger partial charge in [0.25, 0.3) is 0 Å². The normalized spacial score (nSPS) is 30.0. The van der Waals surface area contributed by atoms with Crippen molar-refractivity contribution in [1.82, 2.24) is 15.1 Å². The van der Waals surface area contributed by atoms with Crippen molar-refractivity contribution in [3.63, 3.8) is 0 Å². The molecule has 2 heterocycles. The van der Waals surface area contributed by atoms with Gasteiger partial charge in [-0.1, -0.05) is 18.3 Å². The molecule has 2 fully saturated rings. The van der Waals surface area contributed by atoms with Gasteiger partial charge in [-0.3, -0.25) is 14.5 Å². The number of carbonyl (C=O) groups excluding carboxylic acids is 2. The molecule has 1 saturated heterocycles. The summed E-state index contributed by atoms with van der Waals surface area (Å²) in [5.74, 6) is 0.224. The number of rotatable bonds is 3. The van der Waals surface area contributed by atoms with Crippen LogP contribution in [-0.4, -0.2) is 34.0 Å². The summed E-state index contributed by atoms with van der Waals surface area (Å²) < 4.78 is 0. The molecule has 102 valence electrons. The van der Waals surface area contributed by atoms with Crippen LogP contribution in [-0.2, 0) is 16.1 Å². The Morgan fingerprint density at radius 3 is 2.42 bits per heavy atom. The monoisotopic (exact) mass is 280 g/mol. The maximum atomic E-state index is 12.3. The number of nitrogens with zero attached hydrogens (tertiary/aromatic N) is 3. The average Bonchev–Trinajstić information content (AvgIpc) is 3.04. The topological polar surface area (TPSA) is 75.2 Å². The number of carbonyl (C=O) groups is 2. The van der Waals surface area contributed by atoms with Crippen molar-refractivity contribution in [2.75, 3.05) is 12.4 Å². The fraction of sp³-hybridized carbons (Fsp3) is 0.667.